The summed E-state index contributed by atoms with van der Waals surface area (Å²) in [5.74, 6) is 0.431. The molecule has 2 N–H and O–H groups in total. The summed E-state index contributed by atoms with van der Waals surface area (Å²) in [6.45, 7) is 7.77. The van der Waals surface area contributed by atoms with Crippen LogP contribution in [0.4, 0.5) is 5.69 Å². The van der Waals surface area contributed by atoms with E-state index in [1.54, 1.807) is 0 Å². The summed E-state index contributed by atoms with van der Waals surface area (Å²) in [6, 6.07) is 16.2. The van der Waals surface area contributed by atoms with Crippen LogP contribution in [0.3, 0.4) is 0 Å². The minimum Gasteiger partial charge on any atom is -0.381 e. The molecular formula is C20H26N2O. The SMILES string of the molecule is CCc1ccc(CNc2cccc(C(=O)NCC(C)C)c2)cc1. The Hall–Kier alpha value is -2.29. The predicted octanol–water partition coefficient (Wildman–Crippen LogP) is 4.25. The van der Waals surface area contributed by atoms with Gasteiger partial charge in [0.2, 0.25) is 0 Å². The van der Waals surface area contributed by atoms with Crippen LogP contribution in [0.2, 0.25) is 0 Å². The van der Waals surface area contributed by atoms with Gasteiger partial charge in [-0.2, -0.15) is 0 Å². The van der Waals surface area contributed by atoms with Crippen molar-refractivity contribution in [3.63, 3.8) is 0 Å². The Labute approximate surface area is 139 Å². The highest BCUT2D eigenvalue weighted by atomic mass is 16.1. The van der Waals surface area contributed by atoms with Crippen molar-refractivity contribution in [3.05, 3.63) is 65.2 Å². The van der Waals surface area contributed by atoms with Gasteiger partial charge in [-0.25, -0.2) is 0 Å². The molecule has 3 heteroatoms. The molecule has 0 fully saturated rings. The zero-order chi connectivity index (χ0) is 16.7. The van der Waals surface area contributed by atoms with E-state index in [9.17, 15) is 4.79 Å². The van der Waals surface area contributed by atoms with E-state index in [0.29, 0.717) is 18.0 Å². The van der Waals surface area contributed by atoms with Crippen LogP contribution in [-0.4, -0.2) is 12.5 Å². The van der Waals surface area contributed by atoms with Crippen LogP contribution in [0, 0.1) is 5.92 Å². The fourth-order valence-electron chi connectivity index (χ4n) is 2.27. The van der Waals surface area contributed by atoms with Crippen molar-refractivity contribution >= 4 is 11.6 Å². The van der Waals surface area contributed by atoms with E-state index >= 15 is 0 Å². The Morgan fingerprint density at radius 2 is 1.74 bits per heavy atom. The van der Waals surface area contributed by atoms with Gasteiger partial charge in [-0.1, -0.05) is 51.1 Å². The summed E-state index contributed by atoms with van der Waals surface area (Å²) in [7, 11) is 0. The summed E-state index contributed by atoms with van der Waals surface area (Å²) in [5, 5.41) is 6.32. The van der Waals surface area contributed by atoms with Crippen LogP contribution in [0.5, 0.6) is 0 Å². The molecule has 0 heterocycles. The lowest BCUT2D eigenvalue weighted by molar-refractivity contribution is 0.0949. The van der Waals surface area contributed by atoms with Crippen molar-refractivity contribution in [2.75, 3.05) is 11.9 Å². The maximum atomic E-state index is 12.1. The van der Waals surface area contributed by atoms with Crippen molar-refractivity contribution < 1.29 is 4.79 Å². The van der Waals surface area contributed by atoms with Gasteiger partial charge in [0.25, 0.3) is 5.91 Å². The zero-order valence-corrected chi connectivity index (χ0v) is 14.2. The minimum atomic E-state index is -0.0188. The number of anilines is 1. The van der Waals surface area contributed by atoms with Crippen LogP contribution in [0.15, 0.2) is 48.5 Å². The molecule has 23 heavy (non-hydrogen) atoms. The number of amides is 1. The second kappa shape index (κ2) is 8.37. The molecule has 0 spiro atoms. The van der Waals surface area contributed by atoms with Gasteiger partial charge in [-0.15, -0.1) is 0 Å². The van der Waals surface area contributed by atoms with Crippen molar-refractivity contribution in [3.8, 4) is 0 Å². The number of carbonyl (C=O) groups excluding carboxylic acids is 1. The number of hydrogen-bond acceptors (Lipinski definition) is 2. The lowest BCUT2D eigenvalue weighted by atomic mass is 10.1. The van der Waals surface area contributed by atoms with Crippen LogP contribution in [-0.2, 0) is 13.0 Å². The van der Waals surface area contributed by atoms with Gasteiger partial charge >= 0.3 is 0 Å². The summed E-state index contributed by atoms with van der Waals surface area (Å²) < 4.78 is 0. The highest BCUT2D eigenvalue weighted by molar-refractivity contribution is 5.95. The highest BCUT2D eigenvalue weighted by Gasteiger charge is 2.06. The molecule has 0 aliphatic carbocycles. The van der Waals surface area contributed by atoms with E-state index in [0.717, 1.165) is 18.7 Å². The van der Waals surface area contributed by atoms with Crippen molar-refractivity contribution in [1.29, 1.82) is 0 Å². The van der Waals surface area contributed by atoms with Crippen LogP contribution in [0.1, 0.15) is 42.3 Å². The first-order chi connectivity index (χ1) is 11.1. The van der Waals surface area contributed by atoms with E-state index in [2.05, 4.69) is 55.7 Å². The summed E-state index contributed by atoms with van der Waals surface area (Å²) in [5.41, 5.74) is 4.23. The second-order valence-electron chi connectivity index (χ2n) is 6.21. The molecule has 0 saturated carbocycles. The summed E-state index contributed by atoms with van der Waals surface area (Å²) in [6.07, 6.45) is 1.06. The van der Waals surface area contributed by atoms with Crippen molar-refractivity contribution in [2.45, 2.75) is 33.7 Å². The monoisotopic (exact) mass is 310 g/mol. The Kier molecular flexibility index (Phi) is 6.21. The number of nitrogens with one attached hydrogen (secondary N) is 2. The first kappa shape index (κ1) is 17.1. The van der Waals surface area contributed by atoms with E-state index in [1.165, 1.54) is 11.1 Å². The molecule has 0 atom stereocenters. The zero-order valence-electron chi connectivity index (χ0n) is 14.2. The maximum absolute atomic E-state index is 12.1. The summed E-state index contributed by atoms with van der Waals surface area (Å²) in [4.78, 5) is 12.1. The lowest BCUT2D eigenvalue weighted by Gasteiger charge is -2.10. The van der Waals surface area contributed by atoms with Gasteiger partial charge in [0, 0.05) is 24.3 Å². The smallest absolute Gasteiger partial charge is 0.251 e. The number of benzene rings is 2. The topological polar surface area (TPSA) is 41.1 Å². The Bertz CT molecular complexity index is 632. The van der Waals surface area contributed by atoms with E-state index < -0.39 is 0 Å². The predicted molar refractivity (Wildman–Crippen MR) is 96.8 cm³/mol. The minimum absolute atomic E-state index is 0.0188. The van der Waals surface area contributed by atoms with Crippen LogP contribution in [0.25, 0.3) is 0 Å². The molecule has 0 radical (unpaired) electrons. The maximum Gasteiger partial charge on any atom is 0.251 e. The Morgan fingerprint density at radius 3 is 2.39 bits per heavy atom. The van der Waals surface area contributed by atoms with Crippen molar-refractivity contribution in [1.82, 2.24) is 5.32 Å². The number of hydrogen-bond donors (Lipinski definition) is 2. The number of rotatable bonds is 7. The van der Waals surface area contributed by atoms with Gasteiger partial charge in [0.05, 0.1) is 0 Å². The molecule has 2 rings (SSSR count). The standard InChI is InChI=1S/C20H26N2O/c1-4-16-8-10-17(11-9-16)14-21-19-7-5-6-18(12-19)20(23)22-13-15(2)3/h5-12,15,21H,4,13-14H2,1-3H3,(H,22,23). The number of aryl methyl sites for hydroxylation is 1. The number of carbonyl (C=O) groups is 1. The fourth-order valence-corrected chi connectivity index (χ4v) is 2.27. The van der Waals surface area contributed by atoms with Crippen LogP contribution < -0.4 is 10.6 Å². The molecule has 0 bridgehead atoms. The molecule has 0 aliphatic heterocycles. The first-order valence-corrected chi connectivity index (χ1v) is 8.28. The van der Waals surface area contributed by atoms with Gasteiger partial charge in [0.15, 0.2) is 0 Å². The average molecular weight is 310 g/mol. The van der Waals surface area contributed by atoms with Crippen LogP contribution >= 0.6 is 0 Å². The lowest BCUT2D eigenvalue weighted by Crippen LogP contribution is -2.27. The third-order valence-electron chi connectivity index (χ3n) is 3.72. The van der Waals surface area contributed by atoms with Gasteiger partial charge < -0.3 is 10.6 Å². The molecule has 122 valence electrons. The molecule has 2 aromatic carbocycles. The van der Waals surface area contributed by atoms with E-state index in [1.807, 2.05) is 24.3 Å². The second-order valence-corrected chi connectivity index (χ2v) is 6.21. The fraction of sp³-hybridized carbons (Fsp3) is 0.350. The van der Waals surface area contributed by atoms with E-state index in [4.69, 9.17) is 0 Å². The molecule has 2 aromatic rings. The average Bonchev–Trinajstić information content (AvgIpc) is 2.58. The molecule has 0 aliphatic rings. The Balaban J connectivity index is 1.95. The third kappa shape index (κ3) is 5.44. The van der Waals surface area contributed by atoms with E-state index in [-0.39, 0.29) is 5.91 Å². The molecule has 3 nitrogen and oxygen atoms in total. The highest BCUT2D eigenvalue weighted by Crippen LogP contribution is 2.13. The third-order valence-corrected chi connectivity index (χ3v) is 3.72. The molecule has 0 saturated heterocycles. The summed E-state index contributed by atoms with van der Waals surface area (Å²) >= 11 is 0. The molecular weight excluding hydrogens is 284 g/mol. The van der Waals surface area contributed by atoms with Gasteiger partial charge in [-0.3, -0.25) is 4.79 Å². The Morgan fingerprint density at radius 1 is 1.04 bits per heavy atom. The molecule has 0 aromatic heterocycles. The first-order valence-electron chi connectivity index (χ1n) is 8.28. The molecule has 0 unspecified atom stereocenters. The molecule has 1 amide bonds. The quantitative estimate of drug-likeness (QED) is 0.803. The van der Waals surface area contributed by atoms with Gasteiger partial charge in [0.1, 0.15) is 0 Å². The van der Waals surface area contributed by atoms with Gasteiger partial charge in [-0.05, 0) is 41.7 Å². The largest absolute Gasteiger partial charge is 0.381 e. The normalized spacial score (nSPS) is 10.6. The van der Waals surface area contributed by atoms with Crippen molar-refractivity contribution in [2.24, 2.45) is 5.92 Å².